The summed E-state index contributed by atoms with van der Waals surface area (Å²) in [5, 5.41) is 3.21. The Morgan fingerprint density at radius 1 is 1.25 bits per heavy atom. The highest BCUT2D eigenvalue weighted by Gasteiger charge is 2.35. The highest BCUT2D eigenvalue weighted by molar-refractivity contribution is 7.88. The van der Waals surface area contributed by atoms with Gasteiger partial charge in [0.05, 0.1) is 12.4 Å². The average Bonchev–Trinajstić information content (AvgIpc) is 2.63. The largest absolute Gasteiger partial charge is 0.508 e. The summed E-state index contributed by atoms with van der Waals surface area (Å²) in [5.41, 5.74) is -0.569. The van der Waals surface area contributed by atoms with E-state index in [0.717, 1.165) is 32.4 Å². The minimum atomic E-state index is -3.46. The van der Waals surface area contributed by atoms with Crippen LogP contribution in [0.25, 0.3) is 0 Å². The number of ether oxygens (including phenoxy) is 3. The third-order valence-corrected chi connectivity index (χ3v) is 6.69. The third-order valence-electron chi connectivity index (χ3n) is 5.25. The summed E-state index contributed by atoms with van der Waals surface area (Å²) in [6.45, 7) is 11.3. The van der Waals surface area contributed by atoms with Crippen LogP contribution >= 0.6 is 0 Å². The van der Waals surface area contributed by atoms with Gasteiger partial charge in [0, 0.05) is 12.1 Å². The molecule has 1 rings (SSSR count). The zero-order valence-corrected chi connectivity index (χ0v) is 19.0. The van der Waals surface area contributed by atoms with Crippen LogP contribution in [-0.4, -0.2) is 75.2 Å². The van der Waals surface area contributed by atoms with E-state index >= 15 is 0 Å². The molecule has 1 saturated heterocycles. The van der Waals surface area contributed by atoms with Crippen LogP contribution in [0.3, 0.4) is 0 Å². The number of carbonyl (C=O) groups is 1. The van der Waals surface area contributed by atoms with Crippen molar-refractivity contribution in [3.05, 3.63) is 0 Å². The van der Waals surface area contributed by atoms with Gasteiger partial charge >= 0.3 is 6.16 Å². The van der Waals surface area contributed by atoms with E-state index in [2.05, 4.69) is 5.32 Å². The van der Waals surface area contributed by atoms with Gasteiger partial charge < -0.3 is 19.5 Å². The fourth-order valence-corrected chi connectivity index (χ4v) is 4.46. The van der Waals surface area contributed by atoms with Gasteiger partial charge in [-0.1, -0.05) is 13.8 Å². The number of nitrogens with one attached hydrogen (secondary N) is 1. The van der Waals surface area contributed by atoms with E-state index in [1.807, 2.05) is 34.6 Å². The fraction of sp³-hybridized carbons (Fsp3) is 0.947. The summed E-state index contributed by atoms with van der Waals surface area (Å²) in [6.07, 6.45) is 2.59. The molecule has 0 aromatic rings. The lowest BCUT2D eigenvalue weighted by atomic mass is 10.0. The molecule has 1 aliphatic rings. The van der Waals surface area contributed by atoms with Gasteiger partial charge in [-0.25, -0.2) is 13.2 Å². The highest BCUT2D eigenvalue weighted by Crippen LogP contribution is 2.23. The summed E-state index contributed by atoms with van der Waals surface area (Å²) in [7, 11) is -3.46. The monoisotopic (exact) mass is 422 g/mol. The molecule has 1 N–H and O–H groups in total. The first-order valence-electron chi connectivity index (χ1n) is 10.2. The third kappa shape index (κ3) is 8.63. The Hall–Kier alpha value is -0.900. The van der Waals surface area contributed by atoms with Gasteiger partial charge in [-0.2, -0.15) is 4.31 Å². The number of hydrogen-bond donors (Lipinski definition) is 1. The maximum absolute atomic E-state index is 12.4. The zero-order chi connectivity index (χ0) is 21.4. The van der Waals surface area contributed by atoms with Crippen molar-refractivity contribution in [1.29, 1.82) is 0 Å². The number of nitrogens with zero attached hydrogens (tertiary/aromatic N) is 1. The molecule has 166 valence electrons. The van der Waals surface area contributed by atoms with Crippen molar-refractivity contribution in [3.63, 3.8) is 0 Å². The Balaban J connectivity index is 2.76. The summed E-state index contributed by atoms with van der Waals surface area (Å²) in [5.74, 6) is 0. The quantitative estimate of drug-likeness (QED) is 0.511. The van der Waals surface area contributed by atoms with E-state index in [0.29, 0.717) is 6.42 Å². The van der Waals surface area contributed by atoms with Gasteiger partial charge in [-0.15, -0.1) is 0 Å². The van der Waals surface area contributed by atoms with Crippen LogP contribution in [0.5, 0.6) is 0 Å². The molecule has 0 aliphatic carbocycles. The van der Waals surface area contributed by atoms with Crippen LogP contribution in [0, 0.1) is 0 Å². The number of hydrogen-bond acceptors (Lipinski definition) is 7. The first-order chi connectivity index (χ1) is 13.0. The number of carbonyl (C=O) groups excluding carboxylic acids is 1. The molecule has 8 nitrogen and oxygen atoms in total. The number of sulfonamides is 1. The Morgan fingerprint density at radius 3 is 2.36 bits per heavy atom. The van der Waals surface area contributed by atoms with Crippen LogP contribution in [0.1, 0.15) is 60.3 Å². The minimum Gasteiger partial charge on any atom is -0.431 e. The minimum absolute atomic E-state index is 0.0556. The van der Waals surface area contributed by atoms with Gasteiger partial charge in [0.25, 0.3) is 0 Å². The predicted octanol–water partition coefficient (Wildman–Crippen LogP) is 2.53. The molecule has 0 bridgehead atoms. The van der Waals surface area contributed by atoms with Crippen LogP contribution < -0.4 is 5.32 Å². The molecule has 0 spiro atoms. The van der Waals surface area contributed by atoms with E-state index in [1.165, 1.54) is 10.6 Å². The van der Waals surface area contributed by atoms with Crippen LogP contribution in [0.15, 0.2) is 0 Å². The molecule has 0 unspecified atom stereocenters. The molecule has 9 heteroatoms. The van der Waals surface area contributed by atoms with Crippen molar-refractivity contribution in [1.82, 2.24) is 9.62 Å². The lowest BCUT2D eigenvalue weighted by Crippen LogP contribution is -2.51. The molecule has 2 atom stereocenters. The van der Waals surface area contributed by atoms with Crippen molar-refractivity contribution in [2.45, 2.75) is 84.2 Å². The molecule has 1 aliphatic heterocycles. The maximum atomic E-state index is 12.4. The smallest absolute Gasteiger partial charge is 0.431 e. The second-order valence-corrected chi connectivity index (χ2v) is 9.97. The molecular formula is C19H38N2O6S. The molecule has 0 aromatic heterocycles. The molecule has 28 heavy (non-hydrogen) atoms. The Labute approximate surface area is 170 Å². The predicted molar refractivity (Wildman–Crippen MR) is 109 cm³/mol. The van der Waals surface area contributed by atoms with Crippen LogP contribution in [-0.2, 0) is 24.2 Å². The fourth-order valence-electron chi connectivity index (χ4n) is 3.00. The maximum Gasteiger partial charge on any atom is 0.508 e. The molecule has 0 amide bonds. The van der Waals surface area contributed by atoms with E-state index in [9.17, 15) is 13.2 Å². The molecule has 0 radical (unpaired) electrons. The topological polar surface area (TPSA) is 94.2 Å². The SMILES string of the molecule is CC[C@H](C)O[C@H](COC(=O)OC1CCNCC1)CN(C(C)(C)CC)S(C)(=O)=O. The summed E-state index contributed by atoms with van der Waals surface area (Å²) >= 11 is 0. The Kier molecular flexibility index (Phi) is 10.2. The second-order valence-electron chi connectivity index (χ2n) is 8.07. The normalized spacial score (nSPS) is 18.7. The first-order valence-corrected chi connectivity index (χ1v) is 12.0. The average molecular weight is 423 g/mol. The standard InChI is InChI=1S/C19H38N2O6S/c1-7-15(3)26-17(13-21(28(6,23)24)19(4,5)8-2)14-25-18(22)27-16-9-11-20-12-10-16/h15-17,20H,7-14H2,1-6H3/t15-,17-/m0/s1. The van der Waals surface area contributed by atoms with E-state index < -0.39 is 27.8 Å². The highest BCUT2D eigenvalue weighted by atomic mass is 32.2. The molecular weight excluding hydrogens is 384 g/mol. The van der Waals surface area contributed by atoms with Crippen molar-refractivity contribution in [2.24, 2.45) is 0 Å². The lowest BCUT2D eigenvalue weighted by molar-refractivity contribution is -0.0645. The van der Waals surface area contributed by atoms with Crippen molar-refractivity contribution >= 4 is 16.2 Å². The number of piperidine rings is 1. The van der Waals surface area contributed by atoms with Gasteiger partial charge in [-0.05, 0) is 59.5 Å². The van der Waals surface area contributed by atoms with Gasteiger partial charge in [0.2, 0.25) is 10.0 Å². The van der Waals surface area contributed by atoms with Crippen molar-refractivity contribution in [2.75, 3.05) is 32.5 Å². The van der Waals surface area contributed by atoms with Gasteiger partial charge in [0.1, 0.15) is 18.8 Å². The van der Waals surface area contributed by atoms with Crippen LogP contribution in [0.4, 0.5) is 4.79 Å². The Bertz CT molecular complexity index is 575. The summed E-state index contributed by atoms with van der Waals surface area (Å²) in [4.78, 5) is 12.1. The van der Waals surface area contributed by atoms with E-state index in [1.54, 1.807) is 0 Å². The molecule has 1 fully saturated rings. The van der Waals surface area contributed by atoms with E-state index in [-0.39, 0.29) is 25.4 Å². The summed E-state index contributed by atoms with van der Waals surface area (Å²) < 4.78 is 42.7. The van der Waals surface area contributed by atoms with Crippen molar-refractivity contribution < 1.29 is 27.4 Å². The molecule has 0 saturated carbocycles. The summed E-state index contributed by atoms with van der Waals surface area (Å²) in [6, 6.07) is 0. The lowest BCUT2D eigenvalue weighted by Gasteiger charge is -2.38. The van der Waals surface area contributed by atoms with E-state index in [4.69, 9.17) is 14.2 Å². The first kappa shape index (κ1) is 25.1. The molecule has 1 heterocycles. The number of rotatable bonds is 11. The van der Waals surface area contributed by atoms with Crippen LogP contribution in [0.2, 0.25) is 0 Å². The van der Waals surface area contributed by atoms with Gasteiger partial charge in [0.15, 0.2) is 0 Å². The second kappa shape index (κ2) is 11.3. The zero-order valence-electron chi connectivity index (χ0n) is 18.2. The van der Waals surface area contributed by atoms with Crippen molar-refractivity contribution in [3.8, 4) is 0 Å². The molecule has 0 aromatic carbocycles. The van der Waals surface area contributed by atoms with Gasteiger partial charge in [-0.3, -0.25) is 0 Å². The Morgan fingerprint density at radius 2 is 1.86 bits per heavy atom.